The summed E-state index contributed by atoms with van der Waals surface area (Å²) in [5.41, 5.74) is 6.21. The number of nitrogen functional groups attached to an aromatic ring is 1. The number of ether oxygens (including phenoxy) is 2. The summed E-state index contributed by atoms with van der Waals surface area (Å²) in [5, 5.41) is 0. The van der Waals surface area contributed by atoms with Gasteiger partial charge in [-0.05, 0) is 35.7 Å². The van der Waals surface area contributed by atoms with E-state index in [1.54, 1.807) is 7.11 Å². The van der Waals surface area contributed by atoms with Crippen molar-refractivity contribution in [2.24, 2.45) is 0 Å². The normalized spacial score (nSPS) is 11.8. The Hall–Kier alpha value is -0.720. The second kappa shape index (κ2) is 7.17. The van der Waals surface area contributed by atoms with Gasteiger partial charge in [0.15, 0.2) is 5.82 Å². The average molecular weight is 332 g/mol. The standard InChI is InChI=1S/C13H22BrN3O2/c1-5-13(6-2,19-7-3)12-16-9(8-18-4)10(14)11(15)17-12/h5-8H2,1-4H3,(H2,15,16,17). The Kier molecular flexibility index (Phi) is 6.16. The van der Waals surface area contributed by atoms with Gasteiger partial charge in [0, 0.05) is 13.7 Å². The molecular weight excluding hydrogens is 310 g/mol. The molecule has 0 saturated carbocycles. The van der Waals surface area contributed by atoms with Crippen molar-refractivity contribution in [1.82, 2.24) is 9.97 Å². The largest absolute Gasteiger partial charge is 0.383 e. The molecule has 0 unspecified atom stereocenters. The highest BCUT2D eigenvalue weighted by Gasteiger charge is 2.33. The highest BCUT2D eigenvalue weighted by atomic mass is 79.9. The van der Waals surface area contributed by atoms with Gasteiger partial charge in [-0.1, -0.05) is 13.8 Å². The molecule has 2 N–H and O–H groups in total. The van der Waals surface area contributed by atoms with Crippen molar-refractivity contribution in [3.63, 3.8) is 0 Å². The van der Waals surface area contributed by atoms with Crippen LogP contribution in [-0.2, 0) is 21.7 Å². The zero-order valence-corrected chi connectivity index (χ0v) is 13.6. The van der Waals surface area contributed by atoms with Crippen LogP contribution in [0.15, 0.2) is 4.47 Å². The fraction of sp³-hybridized carbons (Fsp3) is 0.692. The number of hydrogen-bond acceptors (Lipinski definition) is 5. The Morgan fingerprint density at radius 3 is 2.32 bits per heavy atom. The minimum Gasteiger partial charge on any atom is -0.383 e. The highest BCUT2D eigenvalue weighted by Crippen LogP contribution is 2.33. The number of nitrogens with zero attached hydrogens (tertiary/aromatic N) is 2. The molecule has 0 aliphatic rings. The topological polar surface area (TPSA) is 70.3 Å². The number of rotatable bonds is 7. The fourth-order valence-electron chi connectivity index (χ4n) is 2.06. The predicted molar refractivity (Wildman–Crippen MR) is 78.7 cm³/mol. The van der Waals surface area contributed by atoms with Crippen LogP contribution in [0.2, 0.25) is 0 Å². The van der Waals surface area contributed by atoms with Crippen LogP contribution in [0.5, 0.6) is 0 Å². The summed E-state index contributed by atoms with van der Waals surface area (Å²) in [5.74, 6) is 1.05. The average Bonchev–Trinajstić information content (AvgIpc) is 2.41. The number of methoxy groups -OCH3 is 1. The molecule has 19 heavy (non-hydrogen) atoms. The third-order valence-electron chi connectivity index (χ3n) is 3.20. The third kappa shape index (κ3) is 3.43. The van der Waals surface area contributed by atoms with Crippen molar-refractivity contribution < 1.29 is 9.47 Å². The molecular formula is C13H22BrN3O2. The summed E-state index contributed by atoms with van der Waals surface area (Å²) in [6.07, 6.45) is 1.59. The van der Waals surface area contributed by atoms with Crippen molar-refractivity contribution in [1.29, 1.82) is 0 Å². The van der Waals surface area contributed by atoms with Crippen LogP contribution in [0, 0.1) is 0 Å². The van der Waals surface area contributed by atoms with Gasteiger partial charge in [0.25, 0.3) is 0 Å². The summed E-state index contributed by atoms with van der Waals surface area (Å²) < 4.78 is 11.7. The molecule has 108 valence electrons. The van der Waals surface area contributed by atoms with Crippen LogP contribution in [0.4, 0.5) is 5.82 Å². The van der Waals surface area contributed by atoms with E-state index in [2.05, 4.69) is 39.7 Å². The van der Waals surface area contributed by atoms with Crippen LogP contribution in [0.1, 0.15) is 45.1 Å². The van der Waals surface area contributed by atoms with E-state index in [-0.39, 0.29) is 0 Å². The first-order valence-electron chi connectivity index (χ1n) is 6.49. The van der Waals surface area contributed by atoms with E-state index >= 15 is 0 Å². The number of hydrogen-bond donors (Lipinski definition) is 1. The predicted octanol–water partition coefficient (Wildman–Crippen LogP) is 3.02. The highest BCUT2D eigenvalue weighted by molar-refractivity contribution is 9.10. The van der Waals surface area contributed by atoms with Gasteiger partial charge in [-0.2, -0.15) is 0 Å². The Morgan fingerprint density at radius 1 is 1.21 bits per heavy atom. The molecule has 0 saturated heterocycles. The molecule has 0 atom stereocenters. The molecule has 1 aromatic heterocycles. The Labute approximate surface area is 123 Å². The molecule has 0 fully saturated rings. The zero-order valence-electron chi connectivity index (χ0n) is 12.0. The van der Waals surface area contributed by atoms with Gasteiger partial charge in [0.1, 0.15) is 11.4 Å². The quantitative estimate of drug-likeness (QED) is 0.831. The lowest BCUT2D eigenvalue weighted by atomic mass is 9.95. The van der Waals surface area contributed by atoms with Crippen molar-refractivity contribution in [3.05, 3.63) is 16.0 Å². The summed E-state index contributed by atoms with van der Waals surface area (Å²) in [7, 11) is 1.62. The molecule has 0 radical (unpaired) electrons. The molecule has 0 aliphatic carbocycles. The van der Waals surface area contributed by atoms with Crippen LogP contribution in [0.3, 0.4) is 0 Å². The maximum Gasteiger partial charge on any atom is 0.163 e. The number of nitrogens with two attached hydrogens (primary N) is 1. The lowest BCUT2D eigenvalue weighted by Gasteiger charge is -2.30. The van der Waals surface area contributed by atoms with Crippen LogP contribution < -0.4 is 5.73 Å². The molecule has 5 nitrogen and oxygen atoms in total. The first-order valence-corrected chi connectivity index (χ1v) is 7.29. The maximum absolute atomic E-state index is 5.94. The molecule has 0 amide bonds. The van der Waals surface area contributed by atoms with E-state index in [1.165, 1.54) is 0 Å². The minimum absolute atomic E-state index is 0.385. The van der Waals surface area contributed by atoms with Crippen molar-refractivity contribution in [3.8, 4) is 0 Å². The minimum atomic E-state index is -0.480. The fourth-order valence-corrected chi connectivity index (χ4v) is 2.35. The second-order valence-corrected chi connectivity index (χ2v) is 5.05. The molecule has 0 aromatic carbocycles. The van der Waals surface area contributed by atoms with Crippen molar-refractivity contribution in [2.75, 3.05) is 19.5 Å². The molecule has 0 spiro atoms. The lowest BCUT2D eigenvalue weighted by Crippen LogP contribution is -2.31. The van der Waals surface area contributed by atoms with Gasteiger partial charge < -0.3 is 15.2 Å². The summed E-state index contributed by atoms with van der Waals surface area (Å²) in [4.78, 5) is 8.96. The van der Waals surface area contributed by atoms with E-state index in [0.29, 0.717) is 29.3 Å². The molecule has 0 bridgehead atoms. The van der Waals surface area contributed by atoms with Gasteiger partial charge in [0.2, 0.25) is 0 Å². The van der Waals surface area contributed by atoms with E-state index in [4.69, 9.17) is 15.2 Å². The summed E-state index contributed by atoms with van der Waals surface area (Å²) in [6, 6.07) is 0. The number of anilines is 1. The summed E-state index contributed by atoms with van der Waals surface area (Å²) >= 11 is 3.39. The first-order chi connectivity index (χ1) is 9.04. The van der Waals surface area contributed by atoms with Crippen LogP contribution in [-0.4, -0.2) is 23.7 Å². The first kappa shape index (κ1) is 16.3. The van der Waals surface area contributed by atoms with Crippen LogP contribution in [0.25, 0.3) is 0 Å². The zero-order chi connectivity index (χ0) is 14.5. The Morgan fingerprint density at radius 2 is 1.84 bits per heavy atom. The molecule has 1 aromatic rings. The Balaban J connectivity index is 3.31. The smallest absolute Gasteiger partial charge is 0.163 e. The van der Waals surface area contributed by atoms with Gasteiger partial charge in [-0.15, -0.1) is 0 Å². The van der Waals surface area contributed by atoms with Crippen molar-refractivity contribution >= 4 is 21.7 Å². The monoisotopic (exact) mass is 331 g/mol. The van der Waals surface area contributed by atoms with Gasteiger partial charge in [-0.25, -0.2) is 9.97 Å². The molecule has 6 heteroatoms. The number of aromatic nitrogens is 2. The van der Waals surface area contributed by atoms with E-state index < -0.39 is 5.60 Å². The van der Waals surface area contributed by atoms with Crippen LogP contribution >= 0.6 is 15.9 Å². The number of halogens is 1. The van der Waals surface area contributed by atoms with E-state index in [0.717, 1.165) is 18.5 Å². The van der Waals surface area contributed by atoms with Gasteiger partial charge in [-0.3, -0.25) is 0 Å². The molecule has 1 rings (SSSR count). The lowest BCUT2D eigenvalue weighted by molar-refractivity contribution is -0.0573. The van der Waals surface area contributed by atoms with Gasteiger partial charge >= 0.3 is 0 Å². The molecule has 1 heterocycles. The third-order valence-corrected chi connectivity index (χ3v) is 4.06. The SMILES string of the molecule is CCOC(CC)(CC)c1nc(N)c(Br)c(COC)n1. The van der Waals surface area contributed by atoms with E-state index in [9.17, 15) is 0 Å². The van der Waals surface area contributed by atoms with Gasteiger partial charge in [0.05, 0.1) is 16.8 Å². The van der Waals surface area contributed by atoms with Crippen molar-refractivity contribution in [2.45, 2.75) is 45.8 Å². The summed E-state index contributed by atoms with van der Waals surface area (Å²) in [6.45, 7) is 7.10. The molecule has 0 aliphatic heterocycles. The van der Waals surface area contributed by atoms with E-state index in [1.807, 2.05) is 6.92 Å². The second-order valence-electron chi connectivity index (χ2n) is 4.26. The Bertz CT molecular complexity index is 423. The maximum atomic E-state index is 5.94.